The summed E-state index contributed by atoms with van der Waals surface area (Å²) in [6.07, 6.45) is 26.4. The van der Waals surface area contributed by atoms with Gasteiger partial charge in [-0.25, -0.2) is 0 Å². The van der Waals surface area contributed by atoms with Gasteiger partial charge in [0.05, 0.1) is 27.6 Å². The Kier molecular flexibility index (Phi) is 18.2. The third kappa shape index (κ3) is 22.5. The number of esters is 1. The number of nitrogens with zero attached hydrogens (tertiary/aromatic N) is 1. The minimum Gasteiger partial charge on any atom is -0.481 e. The Morgan fingerprint density at radius 1 is 0.812 bits per heavy atom. The lowest BCUT2D eigenvalue weighted by molar-refractivity contribution is -0.873. The Balaban J connectivity index is 3.86. The highest BCUT2D eigenvalue weighted by Crippen LogP contribution is 2.08. The van der Waals surface area contributed by atoms with Crippen LogP contribution in [0.5, 0.6) is 0 Å². The molecule has 0 spiro atoms. The van der Waals surface area contributed by atoms with Gasteiger partial charge >= 0.3 is 11.9 Å². The van der Waals surface area contributed by atoms with Crippen LogP contribution >= 0.6 is 0 Å². The number of aliphatic carboxylic acids is 1. The Morgan fingerprint density at radius 2 is 1.31 bits per heavy atom. The molecule has 0 aromatic heterocycles. The van der Waals surface area contributed by atoms with Crippen LogP contribution < -0.4 is 0 Å². The van der Waals surface area contributed by atoms with E-state index in [2.05, 4.69) is 55.5 Å². The lowest BCUT2D eigenvalue weighted by Crippen LogP contribution is -2.43. The van der Waals surface area contributed by atoms with Crippen LogP contribution in [0.4, 0.5) is 0 Å². The van der Waals surface area contributed by atoms with Crippen molar-refractivity contribution in [3.05, 3.63) is 48.6 Å². The highest BCUT2D eigenvalue weighted by molar-refractivity contribution is 5.71. The molecule has 0 fully saturated rings. The summed E-state index contributed by atoms with van der Waals surface area (Å²) < 4.78 is 5.93. The van der Waals surface area contributed by atoms with Crippen molar-refractivity contribution in [1.82, 2.24) is 0 Å². The van der Waals surface area contributed by atoms with E-state index in [4.69, 9.17) is 9.84 Å². The van der Waals surface area contributed by atoms with Gasteiger partial charge in [0.2, 0.25) is 0 Å². The molecular weight excluding hydrogens is 402 g/mol. The second kappa shape index (κ2) is 19.5. The smallest absolute Gasteiger partial charge is 0.307 e. The van der Waals surface area contributed by atoms with Gasteiger partial charge in [0.15, 0.2) is 6.10 Å². The van der Waals surface area contributed by atoms with E-state index in [9.17, 15) is 9.59 Å². The summed E-state index contributed by atoms with van der Waals surface area (Å²) in [5, 5.41) is 9.01. The number of allylic oxidation sites excluding steroid dienone is 8. The molecule has 1 atom stereocenters. The molecule has 5 nitrogen and oxygen atoms in total. The monoisotopic (exact) mass is 448 g/mol. The van der Waals surface area contributed by atoms with Gasteiger partial charge in [-0.05, 0) is 44.9 Å². The molecule has 0 saturated carbocycles. The van der Waals surface area contributed by atoms with Crippen LogP contribution in [0.25, 0.3) is 0 Å². The summed E-state index contributed by atoms with van der Waals surface area (Å²) in [4.78, 5) is 23.0. The van der Waals surface area contributed by atoms with Gasteiger partial charge in [0.1, 0.15) is 6.54 Å². The first-order valence-corrected chi connectivity index (χ1v) is 12.1. The van der Waals surface area contributed by atoms with E-state index in [1.165, 1.54) is 25.7 Å². The summed E-state index contributed by atoms with van der Waals surface area (Å²) in [7, 11) is 5.85. The summed E-state index contributed by atoms with van der Waals surface area (Å²) in [5.41, 5.74) is 0. The standard InChI is InChI=1S/C27H45NO4/c1-5-6-7-8-9-10-11-12-13-14-15-16-17-18-19-20-21-22-27(31)32-25(23-26(29)30)24-28(2,3)4/h9-10,12-13,15-16,18-19,25H,5-8,11,14,17,20-24H2,1-4H3/p+1/b10-9-,13-12-,16-15-,19-18-/t25-/m1/s1. The molecule has 0 radical (unpaired) electrons. The summed E-state index contributed by atoms with van der Waals surface area (Å²) >= 11 is 0. The number of carboxylic acids is 1. The number of quaternary nitrogens is 1. The van der Waals surface area contributed by atoms with E-state index >= 15 is 0 Å². The number of hydrogen-bond acceptors (Lipinski definition) is 3. The maximum absolute atomic E-state index is 12.0. The third-order valence-electron chi connectivity index (χ3n) is 4.66. The van der Waals surface area contributed by atoms with Crippen molar-refractivity contribution in [2.75, 3.05) is 27.7 Å². The largest absolute Gasteiger partial charge is 0.481 e. The molecule has 32 heavy (non-hydrogen) atoms. The minimum absolute atomic E-state index is 0.154. The Hall–Kier alpha value is -2.14. The zero-order valence-electron chi connectivity index (χ0n) is 20.8. The number of hydrogen-bond donors (Lipinski definition) is 1. The number of likely N-dealkylation sites (N-methyl/N-ethyl adjacent to an activating group) is 1. The minimum atomic E-state index is -0.947. The number of ether oxygens (including phenoxy) is 1. The molecule has 182 valence electrons. The fourth-order valence-corrected chi connectivity index (χ4v) is 3.12. The lowest BCUT2D eigenvalue weighted by atomic mass is 10.2. The molecule has 0 bridgehead atoms. The Morgan fingerprint density at radius 3 is 1.78 bits per heavy atom. The van der Waals surface area contributed by atoms with Crippen LogP contribution in [0.1, 0.15) is 77.6 Å². The van der Waals surface area contributed by atoms with E-state index < -0.39 is 12.1 Å². The van der Waals surface area contributed by atoms with Gasteiger partial charge < -0.3 is 14.3 Å². The molecule has 0 aromatic carbocycles. The molecule has 0 heterocycles. The van der Waals surface area contributed by atoms with Crippen molar-refractivity contribution in [2.24, 2.45) is 0 Å². The molecule has 0 unspecified atom stereocenters. The van der Waals surface area contributed by atoms with Crippen molar-refractivity contribution in [3.63, 3.8) is 0 Å². The molecule has 0 aliphatic heterocycles. The molecular formula is C27H46NO4+. The highest BCUT2D eigenvalue weighted by atomic mass is 16.5. The van der Waals surface area contributed by atoms with E-state index in [1.807, 2.05) is 21.1 Å². The second-order valence-electron chi connectivity index (χ2n) is 9.16. The average Bonchev–Trinajstić information content (AvgIpc) is 2.68. The van der Waals surface area contributed by atoms with Gasteiger partial charge in [0, 0.05) is 6.42 Å². The van der Waals surface area contributed by atoms with Crippen LogP contribution in [-0.2, 0) is 14.3 Å². The van der Waals surface area contributed by atoms with Crippen LogP contribution in [-0.4, -0.2) is 55.3 Å². The van der Waals surface area contributed by atoms with Gasteiger partial charge in [0.25, 0.3) is 0 Å². The predicted molar refractivity (Wildman–Crippen MR) is 133 cm³/mol. The SMILES string of the molecule is CCCCC/C=C\C/C=C\C/C=C\C/C=C\CCCC(=O)O[C@H](CC(=O)O)C[N+](C)(C)C. The van der Waals surface area contributed by atoms with Crippen LogP contribution in [0, 0.1) is 0 Å². The van der Waals surface area contributed by atoms with Crippen LogP contribution in [0.2, 0.25) is 0 Å². The fraction of sp³-hybridized carbons (Fsp3) is 0.630. The van der Waals surface area contributed by atoms with E-state index in [-0.39, 0.29) is 12.4 Å². The maximum atomic E-state index is 12.0. The Labute approximate surface area is 196 Å². The average molecular weight is 449 g/mol. The topological polar surface area (TPSA) is 63.6 Å². The van der Waals surface area contributed by atoms with Crippen LogP contribution in [0.15, 0.2) is 48.6 Å². The van der Waals surface area contributed by atoms with E-state index in [0.29, 0.717) is 23.9 Å². The number of carboxylic acid groups (broad SMARTS) is 1. The number of unbranched alkanes of at least 4 members (excludes halogenated alkanes) is 4. The van der Waals surface area contributed by atoms with Crippen molar-refractivity contribution in [2.45, 2.75) is 83.7 Å². The van der Waals surface area contributed by atoms with Gasteiger partial charge in [-0.15, -0.1) is 0 Å². The molecule has 0 saturated heterocycles. The molecule has 0 amide bonds. The van der Waals surface area contributed by atoms with Crippen molar-refractivity contribution < 1.29 is 23.9 Å². The molecule has 0 aliphatic carbocycles. The van der Waals surface area contributed by atoms with Crippen molar-refractivity contribution in [1.29, 1.82) is 0 Å². The predicted octanol–water partition coefficient (Wildman–Crippen LogP) is 6.22. The normalized spacial score (nSPS) is 13.6. The first-order valence-electron chi connectivity index (χ1n) is 12.1. The molecule has 5 heteroatoms. The number of carbonyl (C=O) groups excluding carboxylic acids is 1. The fourth-order valence-electron chi connectivity index (χ4n) is 3.12. The first kappa shape index (κ1) is 29.9. The summed E-state index contributed by atoms with van der Waals surface area (Å²) in [5.74, 6) is -1.27. The quantitative estimate of drug-likeness (QED) is 0.110. The number of carbonyl (C=O) groups is 2. The summed E-state index contributed by atoms with van der Waals surface area (Å²) in [6.45, 7) is 2.71. The van der Waals surface area contributed by atoms with Crippen LogP contribution in [0.3, 0.4) is 0 Å². The maximum Gasteiger partial charge on any atom is 0.307 e. The second-order valence-corrected chi connectivity index (χ2v) is 9.16. The molecule has 1 N–H and O–H groups in total. The zero-order valence-corrected chi connectivity index (χ0v) is 20.8. The van der Waals surface area contributed by atoms with Gasteiger partial charge in [-0.1, -0.05) is 68.4 Å². The lowest BCUT2D eigenvalue weighted by Gasteiger charge is -2.28. The zero-order chi connectivity index (χ0) is 24.1. The molecule has 0 aliphatic rings. The van der Waals surface area contributed by atoms with Crippen molar-refractivity contribution >= 4 is 11.9 Å². The van der Waals surface area contributed by atoms with Gasteiger partial charge in [-0.2, -0.15) is 0 Å². The number of rotatable bonds is 19. The summed E-state index contributed by atoms with van der Waals surface area (Å²) in [6, 6.07) is 0. The first-order chi connectivity index (χ1) is 15.2. The highest BCUT2D eigenvalue weighted by Gasteiger charge is 2.24. The molecule has 0 rings (SSSR count). The van der Waals surface area contributed by atoms with E-state index in [1.54, 1.807) is 0 Å². The van der Waals surface area contributed by atoms with E-state index in [0.717, 1.165) is 25.7 Å². The van der Waals surface area contributed by atoms with Crippen molar-refractivity contribution in [3.8, 4) is 0 Å². The van der Waals surface area contributed by atoms with Gasteiger partial charge in [-0.3, -0.25) is 9.59 Å². The Bertz CT molecular complexity index is 612. The third-order valence-corrected chi connectivity index (χ3v) is 4.66. The molecule has 0 aromatic rings.